The SMILES string of the molecule is Nc1ccc(NCC(O)CO)c(-c2ccco2)c1. The number of nitrogens with one attached hydrogen (secondary N) is 1. The highest BCUT2D eigenvalue weighted by molar-refractivity contribution is 5.77. The minimum absolute atomic E-state index is 0.258. The number of nitrogen functional groups attached to an aromatic ring is 1. The molecule has 96 valence electrons. The number of nitrogens with two attached hydrogens (primary N) is 1. The Kier molecular flexibility index (Phi) is 3.86. The molecule has 1 atom stereocenters. The van der Waals surface area contributed by atoms with E-state index in [0.717, 1.165) is 11.3 Å². The molecule has 0 aliphatic carbocycles. The average molecular weight is 248 g/mol. The van der Waals surface area contributed by atoms with Crippen molar-refractivity contribution in [3.63, 3.8) is 0 Å². The third kappa shape index (κ3) is 2.82. The van der Waals surface area contributed by atoms with Crippen LogP contribution < -0.4 is 11.1 Å². The van der Waals surface area contributed by atoms with Crippen molar-refractivity contribution in [2.45, 2.75) is 6.10 Å². The van der Waals surface area contributed by atoms with E-state index in [0.29, 0.717) is 11.4 Å². The van der Waals surface area contributed by atoms with Gasteiger partial charge in [0.2, 0.25) is 0 Å². The van der Waals surface area contributed by atoms with Gasteiger partial charge in [0.15, 0.2) is 0 Å². The molecule has 5 heteroatoms. The lowest BCUT2D eigenvalue weighted by atomic mass is 10.1. The monoisotopic (exact) mass is 248 g/mol. The van der Waals surface area contributed by atoms with Gasteiger partial charge in [-0.1, -0.05) is 0 Å². The number of hydrogen-bond acceptors (Lipinski definition) is 5. The van der Waals surface area contributed by atoms with Gasteiger partial charge >= 0.3 is 0 Å². The number of aliphatic hydroxyl groups is 2. The summed E-state index contributed by atoms with van der Waals surface area (Å²) in [7, 11) is 0. The lowest BCUT2D eigenvalue weighted by Gasteiger charge is -2.13. The lowest BCUT2D eigenvalue weighted by molar-refractivity contribution is 0.105. The molecule has 18 heavy (non-hydrogen) atoms. The zero-order valence-corrected chi connectivity index (χ0v) is 9.84. The Hall–Kier alpha value is -1.98. The summed E-state index contributed by atoms with van der Waals surface area (Å²) in [5.74, 6) is 0.697. The molecule has 0 aliphatic heterocycles. The zero-order chi connectivity index (χ0) is 13.0. The second-order valence-corrected chi connectivity index (χ2v) is 4.00. The van der Waals surface area contributed by atoms with Gasteiger partial charge < -0.3 is 25.7 Å². The molecule has 0 bridgehead atoms. The van der Waals surface area contributed by atoms with Crippen LogP contribution in [0, 0.1) is 0 Å². The zero-order valence-electron chi connectivity index (χ0n) is 9.84. The summed E-state index contributed by atoms with van der Waals surface area (Å²) in [4.78, 5) is 0. The maximum atomic E-state index is 9.33. The summed E-state index contributed by atoms with van der Waals surface area (Å²) in [6.45, 7) is -0.0216. The third-order valence-electron chi connectivity index (χ3n) is 2.57. The predicted molar refractivity (Wildman–Crippen MR) is 70.1 cm³/mol. The van der Waals surface area contributed by atoms with Crippen molar-refractivity contribution < 1.29 is 14.6 Å². The maximum absolute atomic E-state index is 9.33. The molecule has 0 saturated heterocycles. The Morgan fingerprint density at radius 1 is 1.33 bits per heavy atom. The van der Waals surface area contributed by atoms with E-state index in [1.165, 1.54) is 0 Å². The highest BCUT2D eigenvalue weighted by atomic mass is 16.3. The van der Waals surface area contributed by atoms with Crippen molar-refractivity contribution in [1.82, 2.24) is 0 Å². The summed E-state index contributed by atoms with van der Waals surface area (Å²) < 4.78 is 5.34. The molecule has 1 unspecified atom stereocenters. The first kappa shape index (κ1) is 12.5. The van der Waals surface area contributed by atoms with Gasteiger partial charge in [-0.3, -0.25) is 0 Å². The molecular formula is C13H16N2O3. The molecule has 0 spiro atoms. The van der Waals surface area contributed by atoms with E-state index in [4.69, 9.17) is 15.3 Å². The molecular weight excluding hydrogens is 232 g/mol. The fraction of sp³-hybridized carbons (Fsp3) is 0.231. The number of hydrogen-bond donors (Lipinski definition) is 4. The first-order valence-electron chi connectivity index (χ1n) is 5.67. The van der Waals surface area contributed by atoms with Crippen LogP contribution in [0.15, 0.2) is 41.0 Å². The molecule has 1 aromatic carbocycles. The molecule has 5 N–H and O–H groups in total. The Labute approximate surface area is 105 Å². The molecule has 1 heterocycles. The second-order valence-electron chi connectivity index (χ2n) is 4.00. The minimum atomic E-state index is -0.799. The Bertz CT molecular complexity index is 497. The molecule has 2 aromatic rings. The molecule has 0 aliphatic rings. The standard InChI is InChI=1S/C13H16N2O3/c14-9-3-4-12(15-7-10(17)8-16)11(6-9)13-2-1-5-18-13/h1-6,10,15-17H,7-8,14H2. The van der Waals surface area contributed by atoms with Crippen molar-refractivity contribution in [3.05, 3.63) is 36.6 Å². The van der Waals surface area contributed by atoms with Gasteiger partial charge in [-0.15, -0.1) is 0 Å². The number of rotatable bonds is 5. The van der Waals surface area contributed by atoms with Crippen molar-refractivity contribution in [2.75, 3.05) is 24.2 Å². The largest absolute Gasteiger partial charge is 0.464 e. The van der Waals surface area contributed by atoms with Crippen molar-refractivity contribution in [3.8, 4) is 11.3 Å². The van der Waals surface area contributed by atoms with Gasteiger partial charge in [0.05, 0.1) is 19.0 Å². The Morgan fingerprint density at radius 3 is 2.83 bits per heavy atom. The van der Waals surface area contributed by atoms with E-state index in [2.05, 4.69) is 5.32 Å². The van der Waals surface area contributed by atoms with E-state index in [9.17, 15) is 5.11 Å². The molecule has 5 nitrogen and oxygen atoms in total. The van der Waals surface area contributed by atoms with Crippen LogP contribution in [-0.2, 0) is 0 Å². The molecule has 0 saturated carbocycles. The van der Waals surface area contributed by atoms with Crippen LogP contribution in [0.3, 0.4) is 0 Å². The second kappa shape index (κ2) is 5.57. The number of anilines is 2. The predicted octanol–water partition coefficient (Wildman–Crippen LogP) is 1.29. The Balaban J connectivity index is 2.24. The van der Waals surface area contributed by atoms with E-state index >= 15 is 0 Å². The van der Waals surface area contributed by atoms with E-state index in [-0.39, 0.29) is 13.2 Å². The summed E-state index contributed by atoms with van der Waals surface area (Å²) in [5, 5.41) is 21.2. The smallest absolute Gasteiger partial charge is 0.136 e. The Morgan fingerprint density at radius 2 is 2.17 bits per heavy atom. The summed E-state index contributed by atoms with van der Waals surface area (Å²) in [6, 6.07) is 9.01. The van der Waals surface area contributed by atoms with Crippen LogP contribution in [0.5, 0.6) is 0 Å². The van der Waals surface area contributed by atoms with E-state index in [1.54, 1.807) is 24.5 Å². The number of furan rings is 1. The van der Waals surface area contributed by atoms with Gasteiger partial charge in [0.25, 0.3) is 0 Å². The number of benzene rings is 1. The van der Waals surface area contributed by atoms with Crippen LogP contribution in [0.2, 0.25) is 0 Å². The molecule has 0 fully saturated rings. The molecule has 0 radical (unpaired) electrons. The van der Waals surface area contributed by atoms with Crippen molar-refractivity contribution in [2.24, 2.45) is 0 Å². The molecule has 1 aromatic heterocycles. The van der Waals surface area contributed by atoms with Crippen molar-refractivity contribution >= 4 is 11.4 Å². The minimum Gasteiger partial charge on any atom is -0.464 e. The van der Waals surface area contributed by atoms with Gasteiger partial charge in [-0.05, 0) is 30.3 Å². The van der Waals surface area contributed by atoms with E-state index in [1.807, 2.05) is 12.1 Å². The van der Waals surface area contributed by atoms with E-state index < -0.39 is 6.10 Å². The van der Waals surface area contributed by atoms with Crippen LogP contribution in [0.1, 0.15) is 0 Å². The fourth-order valence-corrected chi connectivity index (χ4v) is 1.64. The van der Waals surface area contributed by atoms with Crippen LogP contribution in [-0.4, -0.2) is 29.5 Å². The average Bonchev–Trinajstić information content (AvgIpc) is 2.90. The van der Waals surface area contributed by atoms with Gasteiger partial charge in [0, 0.05) is 23.5 Å². The highest BCUT2D eigenvalue weighted by Crippen LogP contribution is 2.30. The van der Waals surface area contributed by atoms with Gasteiger partial charge in [-0.25, -0.2) is 0 Å². The molecule has 0 amide bonds. The van der Waals surface area contributed by atoms with Gasteiger partial charge in [-0.2, -0.15) is 0 Å². The maximum Gasteiger partial charge on any atom is 0.136 e. The topological polar surface area (TPSA) is 91.7 Å². The van der Waals surface area contributed by atoms with Crippen LogP contribution in [0.25, 0.3) is 11.3 Å². The normalized spacial score (nSPS) is 12.3. The van der Waals surface area contributed by atoms with Crippen LogP contribution >= 0.6 is 0 Å². The summed E-state index contributed by atoms with van der Waals surface area (Å²) in [5.41, 5.74) is 8.01. The first-order valence-corrected chi connectivity index (χ1v) is 5.67. The summed E-state index contributed by atoms with van der Waals surface area (Å²) in [6.07, 6.45) is 0.789. The molecule has 2 rings (SSSR count). The number of aliphatic hydroxyl groups excluding tert-OH is 2. The summed E-state index contributed by atoms with van der Waals surface area (Å²) >= 11 is 0. The first-order chi connectivity index (χ1) is 8.70. The highest BCUT2D eigenvalue weighted by Gasteiger charge is 2.09. The van der Waals surface area contributed by atoms with Crippen molar-refractivity contribution in [1.29, 1.82) is 0 Å². The van der Waals surface area contributed by atoms with Gasteiger partial charge in [0.1, 0.15) is 5.76 Å². The van der Waals surface area contributed by atoms with Crippen LogP contribution in [0.4, 0.5) is 11.4 Å². The fourth-order valence-electron chi connectivity index (χ4n) is 1.64. The lowest BCUT2D eigenvalue weighted by Crippen LogP contribution is -2.23. The third-order valence-corrected chi connectivity index (χ3v) is 2.57. The quantitative estimate of drug-likeness (QED) is 0.598.